The fourth-order valence-electron chi connectivity index (χ4n) is 1.34. The lowest BCUT2D eigenvalue weighted by Crippen LogP contribution is -1.86. The third-order valence-electron chi connectivity index (χ3n) is 2.19. The number of H-pyrrole nitrogens is 1. The minimum Gasteiger partial charge on any atom is -0.382 e. The van der Waals surface area contributed by atoms with Crippen molar-refractivity contribution in [3.63, 3.8) is 0 Å². The van der Waals surface area contributed by atoms with Crippen LogP contribution in [0.5, 0.6) is 0 Å². The number of anilines is 1. The first-order valence-corrected chi connectivity index (χ1v) is 4.63. The molecule has 0 atom stereocenters. The van der Waals surface area contributed by atoms with Crippen molar-refractivity contribution in [2.24, 2.45) is 0 Å². The Kier molecular flexibility index (Phi) is 2.17. The predicted molar refractivity (Wildman–Crippen MR) is 58.2 cm³/mol. The molecule has 0 saturated heterocycles. The third-order valence-corrected chi connectivity index (χ3v) is 2.52. The zero-order valence-corrected chi connectivity index (χ0v) is 8.47. The standard InChI is InChI=1S/C10H10ClN3/c1-6-9(13-14-10(6)12)7-4-2-3-5-8(7)11/h2-5H,1H3,(H3,12,13,14). The monoisotopic (exact) mass is 207 g/mol. The number of nitrogens with zero attached hydrogens (tertiary/aromatic N) is 1. The Labute approximate surface area is 86.9 Å². The van der Waals surface area contributed by atoms with Crippen molar-refractivity contribution in [2.75, 3.05) is 5.73 Å². The summed E-state index contributed by atoms with van der Waals surface area (Å²) in [6.45, 7) is 1.91. The van der Waals surface area contributed by atoms with E-state index in [-0.39, 0.29) is 0 Å². The number of nitrogen functional groups attached to an aromatic ring is 1. The van der Waals surface area contributed by atoms with E-state index in [0.29, 0.717) is 10.8 Å². The molecule has 2 rings (SSSR count). The van der Waals surface area contributed by atoms with Gasteiger partial charge in [-0.05, 0) is 13.0 Å². The van der Waals surface area contributed by atoms with Gasteiger partial charge in [0, 0.05) is 16.1 Å². The second-order valence-corrected chi connectivity index (χ2v) is 3.50. The van der Waals surface area contributed by atoms with Crippen molar-refractivity contribution in [3.05, 3.63) is 34.9 Å². The minimum atomic E-state index is 0.514. The Morgan fingerprint density at radius 2 is 2.07 bits per heavy atom. The molecule has 0 aliphatic carbocycles. The summed E-state index contributed by atoms with van der Waals surface area (Å²) < 4.78 is 0. The third kappa shape index (κ3) is 1.36. The van der Waals surface area contributed by atoms with Gasteiger partial charge in [-0.3, -0.25) is 5.10 Å². The molecule has 0 aliphatic heterocycles. The van der Waals surface area contributed by atoms with Gasteiger partial charge in [0.25, 0.3) is 0 Å². The lowest BCUT2D eigenvalue weighted by Gasteiger charge is -2.01. The Bertz CT molecular complexity index is 462. The molecule has 0 unspecified atom stereocenters. The van der Waals surface area contributed by atoms with Crippen molar-refractivity contribution in [1.29, 1.82) is 0 Å². The molecule has 1 heterocycles. The number of rotatable bonds is 1. The summed E-state index contributed by atoms with van der Waals surface area (Å²) >= 11 is 6.05. The van der Waals surface area contributed by atoms with Crippen molar-refractivity contribution in [3.8, 4) is 11.3 Å². The lowest BCUT2D eigenvalue weighted by atomic mass is 10.1. The molecule has 0 aliphatic rings. The van der Waals surface area contributed by atoms with Gasteiger partial charge in [0.1, 0.15) is 5.82 Å². The second kappa shape index (κ2) is 3.35. The van der Waals surface area contributed by atoms with Gasteiger partial charge in [0.2, 0.25) is 0 Å². The van der Waals surface area contributed by atoms with Crippen LogP contribution in [0.3, 0.4) is 0 Å². The highest BCUT2D eigenvalue weighted by atomic mass is 35.5. The number of aromatic nitrogens is 2. The van der Waals surface area contributed by atoms with E-state index >= 15 is 0 Å². The molecule has 3 N–H and O–H groups in total. The van der Waals surface area contributed by atoms with E-state index in [1.165, 1.54) is 0 Å². The van der Waals surface area contributed by atoms with Crippen LogP contribution in [0.25, 0.3) is 11.3 Å². The summed E-state index contributed by atoms with van der Waals surface area (Å²) in [5.74, 6) is 0.514. The first-order valence-electron chi connectivity index (χ1n) is 4.25. The smallest absolute Gasteiger partial charge is 0.148 e. The number of hydrogen-bond acceptors (Lipinski definition) is 2. The molecule has 2 aromatic rings. The van der Waals surface area contributed by atoms with Crippen LogP contribution in [0.15, 0.2) is 24.3 Å². The second-order valence-electron chi connectivity index (χ2n) is 3.09. The molecule has 0 saturated carbocycles. The zero-order chi connectivity index (χ0) is 10.1. The van der Waals surface area contributed by atoms with Crippen molar-refractivity contribution < 1.29 is 0 Å². The maximum Gasteiger partial charge on any atom is 0.148 e. The number of hydrogen-bond donors (Lipinski definition) is 2. The molecule has 0 radical (unpaired) electrons. The lowest BCUT2D eigenvalue weighted by molar-refractivity contribution is 1.10. The largest absolute Gasteiger partial charge is 0.382 e. The van der Waals surface area contributed by atoms with Crippen LogP contribution in [0.4, 0.5) is 5.82 Å². The number of aromatic amines is 1. The van der Waals surface area contributed by atoms with Gasteiger partial charge in [-0.25, -0.2) is 0 Å². The van der Waals surface area contributed by atoms with E-state index in [1.54, 1.807) is 0 Å². The molecule has 72 valence electrons. The van der Waals surface area contributed by atoms with Gasteiger partial charge in [-0.1, -0.05) is 29.8 Å². The average molecular weight is 208 g/mol. The van der Waals surface area contributed by atoms with Gasteiger partial charge in [-0.15, -0.1) is 0 Å². The number of nitrogens with two attached hydrogens (primary N) is 1. The number of halogens is 1. The molecule has 0 bridgehead atoms. The molecule has 3 nitrogen and oxygen atoms in total. The Balaban J connectivity index is 2.60. The maximum atomic E-state index is 6.05. The summed E-state index contributed by atoms with van der Waals surface area (Å²) in [6, 6.07) is 7.59. The highest BCUT2D eigenvalue weighted by molar-refractivity contribution is 6.33. The van der Waals surface area contributed by atoms with Crippen LogP contribution in [0.2, 0.25) is 5.02 Å². The van der Waals surface area contributed by atoms with Crippen molar-refractivity contribution >= 4 is 17.4 Å². The van der Waals surface area contributed by atoms with E-state index in [9.17, 15) is 0 Å². The molecular formula is C10H10ClN3. The van der Waals surface area contributed by atoms with Gasteiger partial charge in [-0.2, -0.15) is 5.10 Å². The molecular weight excluding hydrogens is 198 g/mol. The quantitative estimate of drug-likeness (QED) is 0.755. The van der Waals surface area contributed by atoms with Gasteiger partial charge in [0.05, 0.1) is 5.69 Å². The van der Waals surface area contributed by atoms with Crippen molar-refractivity contribution in [2.45, 2.75) is 6.92 Å². The van der Waals surface area contributed by atoms with E-state index in [4.69, 9.17) is 17.3 Å². The normalized spacial score (nSPS) is 10.4. The van der Waals surface area contributed by atoms with E-state index in [2.05, 4.69) is 10.2 Å². The SMILES string of the molecule is Cc1c(N)n[nH]c1-c1ccccc1Cl. The molecule has 4 heteroatoms. The summed E-state index contributed by atoms with van der Waals surface area (Å²) in [5, 5.41) is 7.49. The van der Waals surface area contributed by atoms with Gasteiger partial charge >= 0.3 is 0 Å². The fraction of sp³-hybridized carbons (Fsp3) is 0.100. The first kappa shape index (κ1) is 9.09. The summed E-state index contributed by atoms with van der Waals surface area (Å²) in [5.41, 5.74) is 8.38. The van der Waals surface area contributed by atoms with Crippen LogP contribution in [-0.2, 0) is 0 Å². The van der Waals surface area contributed by atoms with E-state index in [1.807, 2.05) is 31.2 Å². The van der Waals surface area contributed by atoms with Crippen LogP contribution in [0, 0.1) is 6.92 Å². The van der Waals surface area contributed by atoms with E-state index < -0.39 is 0 Å². The Hall–Kier alpha value is -1.48. The summed E-state index contributed by atoms with van der Waals surface area (Å²) in [4.78, 5) is 0. The van der Waals surface area contributed by atoms with Gasteiger partial charge < -0.3 is 5.73 Å². The molecule has 0 fully saturated rings. The molecule has 14 heavy (non-hydrogen) atoms. The summed E-state index contributed by atoms with van der Waals surface area (Å²) in [6.07, 6.45) is 0. The van der Waals surface area contributed by atoms with Crippen LogP contribution in [0.1, 0.15) is 5.56 Å². The minimum absolute atomic E-state index is 0.514. The molecule has 0 amide bonds. The van der Waals surface area contributed by atoms with Gasteiger partial charge in [0.15, 0.2) is 0 Å². The first-order chi connectivity index (χ1) is 6.70. The Morgan fingerprint density at radius 3 is 2.64 bits per heavy atom. The number of benzene rings is 1. The predicted octanol–water partition coefficient (Wildman–Crippen LogP) is 2.62. The van der Waals surface area contributed by atoms with Crippen LogP contribution >= 0.6 is 11.6 Å². The zero-order valence-electron chi connectivity index (χ0n) is 7.71. The van der Waals surface area contributed by atoms with E-state index in [0.717, 1.165) is 16.8 Å². The topological polar surface area (TPSA) is 54.7 Å². The molecule has 1 aromatic carbocycles. The maximum absolute atomic E-state index is 6.05. The molecule has 0 spiro atoms. The average Bonchev–Trinajstić information content (AvgIpc) is 2.49. The van der Waals surface area contributed by atoms with Crippen LogP contribution < -0.4 is 5.73 Å². The highest BCUT2D eigenvalue weighted by Crippen LogP contribution is 2.29. The van der Waals surface area contributed by atoms with Crippen molar-refractivity contribution in [1.82, 2.24) is 10.2 Å². The van der Waals surface area contributed by atoms with Crippen LogP contribution in [-0.4, -0.2) is 10.2 Å². The summed E-state index contributed by atoms with van der Waals surface area (Å²) in [7, 11) is 0. The highest BCUT2D eigenvalue weighted by Gasteiger charge is 2.10. The fourth-order valence-corrected chi connectivity index (χ4v) is 1.57. The number of nitrogens with one attached hydrogen (secondary N) is 1. The molecule has 1 aromatic heterocycles. The Morgan fingerprint density at radius 1 is 1.36 bits per heavy atom.